The fraction of sp³-hybridized carbons (Fsp3) is 0.500. The minimum atomic E-state index is 0.737. The molecular weight excluding hydrogens is 192 g/mol. The normalized spacial score (nSPS) is 17.3. The molecule has 0 saturated heterocycles. The smallest absolute Gasteiger partial charge is 0.0162 e. The van der Waals surface area contributed by atoms with Gasteiger partial charge < -0.3 is 0 Å². The van der Waals surface area contributed by atoms with Crippen LogP contribution < -0.4 is 0 Å². The van der Waals surface area contributed by atoms with Gasteiger partial charge in [0.25, 0.3) is 0 Å². The number of hydrogen-bond donors (Lipinski definition) is 0. The van der Waals surface area contributed by atoms with Gasteiger partial charge >= 0.3 is 0 Å². The molecule has 0 heteroatoms. The zero-order valence-corrected chi connectivity index (χ0v) is 10.3. The number of allylic oxidation sites excluding steroid dienone is 1. The highest BCUT2D eigenvalue weighted by Crippen LogP contribution is 2.35. The summed E-state index contributed by atoms with van der Waals surface area (Å²) in [6, 6.07) is 8.76. The molecule has 0 nitrogen and oxygen atoms in total. The van der Waals surface area contributed by atoms with E-state index >= 15 is 0 Å². The van der Waals surface area contributed by atoms with E-state index in [0.29, 0.717) is 0 Å². The van der Waals surface area contributed by atoms with Crippen molar-refractivity contribution in [3.05, 3.63) is 42.0 Å². The third kappa shape index (κ3) is 2.37. The van der Waals surface area contributed by atoms with Gasteiger partial charge in [0.1, 0.15) is 0 Å². The van der Waals surface area contributed by atoms with Crippen molar-refractivity contribution >= 4 is 5.57 Å². The first-order chi connectivity index (χ1) is 7.83. The van der Waals surface area contributed by atoms with Gasteiger partial charge in [0.15, 0.2) is 0 Å². The Labute approximate surface area is 99.4 Å². The molecule has 0 aliphatic heterocycles. The maximum absolute atomic E-state index is 4.36. The standard InChI is InChI=1S/C16H22/c1-3-14-9-7-8-12-16(14)13(2)15-10-5-4-6-11-15/h7-9,12,15H,2-6,10-11H2,1H3. The van der Waals surface area contributed by atoms with Gasteiger partial charge in [-0.25, -0.2) is 0 Å². The Morgan fingerprint density at radius 2 is 1.88 bits per heavy atom. The lowest BCUT2D eigenvalue weighted by Gasteiger charge is -2.25. The quantitative estimate of drug-likeness (QED) is 0.675. The van der Waals surface area contributed by atoms with Gasteiger partial charge in [-0.15, -0.1) is 0 Å². The average Bonchev–Trinajstić information content (AvgIpc) is 2.39. The lowest BCUT2D eigenvalue weighted by molar-refractivity contribution is 0.429. The van der Waals surface area contributed by atoms with Crippen molar-refractivity contribution in [2.75, 3.05) is 0 Å². The van der Waals surface area contributed by atoms with E-state index in [9.17, 15) is 0 Å². The van der Waals surface area contributed by atoms with E-state index in [1.54, 1.807) is 0 Å². The maximum atomic E-state index is 4.36. The van der Waals surface area contributed by atoms with Gasteiger partial charge in [-0.2, -0.15) is 0 Å². The molecule has 0 bridgehead atoms. The molecule has 0 unspecified atom stereocenters. The summed E-state index contributed by atoms with van der Waals surface area (Å²) < 4.78 is 0. The van der Waals surface area contributed by atoms with Gasteiger partial charge in [-0.1, -0.05) is 57.0 Å². The van der Waals surface area contributed by atoms with Gasteiger partial charge in [0.2, 0.25) is 0 Å². The van der Waals surface area contributed by atoms with Crippen molar-refractivity contribution in [2.24, 2.45) is 5.92 Å². The number of hydrogen-bond acceptors (Lipinski definition) is 0. The van der Waals surface area contributed by atoms with Crippen LogP contribution in [0.4, 0.5) is 0 Å². The van der Waals surface area contributed by atoms with E-state index < -0.39 is 0 Å². The van der Waals surface area contributed by atoms with Crippen LogP contribution in [0.25, 0.3) is 5.57 Å². The Hall–Kier alpha value is -1.04. The van der Waals surface area contributed by atoms with Crippen molar-refractivity contribution in [1.29, 1.82) is 0 Å². The molecule has 0 aromatic heterocycles. The zero-order chi connectivity index (χ0) is 11.4. The van der Waals surface area contributed by atoms with Crippen molar-refractivity contribution in [3.63, 3.8) is 0 Å². The van der Waals surface area contributed by atoms with Crippen LogP contribution in [0, 0.1) is 5.92 Å². The highest BCUT2D eigenvalue weighted by atomic mass is 14.2. The third-order valence-corrected chi connectivity index (χ3v) is 3.84. The molecule has 0 heterocycles. The maximum Gasteiger partial charge on any atom is -0.0162 e. The van der Waals surface area contributed by atoms with Crippen LogP contribution in [-0.2, 0) is 6.42 Å². The molecule has 2 rings (SSSR count). The second kappa shape index (κ2) is 5.34. The van der Waals surface area contributed by atoms with Crippen LogP contribution in [0.2, 0.25) is 0 Å². The van der Waals surface area contributed by atoms with Crippen LogP contribution in [0.15, 0.2) is 30.8 Å². The Bertz CT molecular complexity index is 356. The summed E-state index contributed by atoms with van der Waals surface area (Å²) in [5, 5.41) is 0. The predicted octanol–water partition coefficient (Wildman–Crippen LogP) is 4.84. The fourth-order valence-electron chi connectivity index (χ4n) is 2.81. The molecule has 0 radical (unpaired) electrons. The summed E-state index contributed by atoms with van der Waals surface area (Å²) in [7, 11) is 0. The largest absolute Gasteiger partial charge is 0.0949 e. The van der Waals surface area contributed by atoms with E-state index in [1.165, 1.54) is 48.8 Å². The third-order valence-electron chi connectivity index (χ3n) is 3.84. The fourth-order valence-corrected chi connectivity index (χ4v) is 2.81. The molecule has 0 spiro atoms. The van der Waals surface area contributed by atoms with Crippen LogP contribution in [0.3, 0.4) is 0 Å². The van der Waals surface area contributed by atoms with Gasteiger partial charge in [-0.05, 0) is 41.9 Å². The molecular formula is C16H22. The van der Waals surface area contributed by atoms with Gasteiger partial charge in [0, 0.05) is 0 Å². The van der Waals surface area contributed by atoms with Crippen molar-refractivity contribution in [1.82, 2.24) is 0 Å². The summed E-state index contributed by atoms with van der Waals surface area (Å²) in [6.45, 7) is 6.59. The first-order valence-corrected chi connectivity index (χ1v) is 6.60. The molecule has 0 amide bonds. The van der Waals surface area contributed by atoms with E-state index in [2.05, 4.69) is 37.8 Å². The lowest BCUT2D eigenvalue weighted by Crippen LogP contribution is -2.09. The van der Waals surface area contributed by atoms with E-state index in [1.807, 2.05) is 0 Å². The van der Waals surface area contributed by atoms with Gasteiger partial charge in [0.05, 0.1) is 0 Å². The monoisotopic (exact) mass is 214 g/mol. The summed E-state index contributed by atoms with van der Waals surface area (Å²) in [6.07, 6.45) is 7.99. The van der Waals surface area contributed by atoms with Crippen LogP contribution >= 0.6 is 0 Å². The zero-order valence-electron chi connectivity index (χ0n) is 10.3. The molecule has 1 aliphatic carbocycles. The highest BCUT2D eigenvalue weighted by molar-refractivity contribution is 5.68. The molecule has 16 heavy (non-hydrogen) atoms. The molecule has 86 valence electrons. The Kier molecular flexibility index (Phi) is 3.82. The molecule has 1 saturated carbocycles. The van der Waals surface area contributed by atoms with E-state index in [0.717, 1.165) is 12.3 Å². The number of aryl methyl sites for hydroxylation is 1. The number of rotatable bonds is 3. The van der Waals surface area contributed by atoms with Gasteiger partial charge in [-0.3, -0.25) is 0 Å². The summed E-state index contributed by atoms with van der Waals surface area (Å²) >= 11 is 0. The Morgan fingerprint density at radius 3 is 2.56 bits per heavy atom. The Balaban J connectivity index is 2.19. The average molecular weight is 214 g/mol. The van der Waals surface area contributed by atoms with E-state index in [-0.39, 0.29) is 0 Å². The Morgan fingerprint density at radius 1 is 1.19 bits per heavy atom. The van der Waals surface area contributed by atoms with Crippen molar-refractivity contribution < 1.29 is 0 Å². The minimum Gasteiger partial charge on any atom is -0.0949 e. The topological polar surface area (TPSA) is 0 Å². The summed E-state index contributed by atoms with van der Waals surface area (Å²) in [5.41, 5.74) is 4.26. The van der Waals surface area contributed by atoms with Crippen LogP contribution in [0.5, 0.6) is 0 Å². The summed E-state index contributed by atoms with van der Waals surface area (Å²) in [4.78, 5) is 0. The van der Waals surface area contributed by atoms with Crippen molar-refractivity contribution in [3.8, 4) is 0 Å². The minimum absolute atomic E-state index is 0.737. The number of benzene rings is 1. The van der Waals surface area contributed by atoms with Crippen LogP contribution in [0.1, 0.15) is 50.2 Å². The molecule has 0 N–H and O–H groups in total. The van der Waals surface area contributed by atoms with Crippen molar-refractivity contribution in [2.45, 2.75) is 45.4 Å². The molecule has 1 aromatic carbocycles. The highest BCUT2D eigenvalue weighted by Gasteiger charge is 2.18. The van der Waals surface area contributed by atoms with Crippen LogP contribution in [-0.4, -0.2) is 0 Å². The lowest BCUT2D eigenvalue weighted by atomic mass is 9.80. The summed E-state index contributed by atoms with van der Waals surface area (Å²) in [5.74, 6) is 0.737. The first-order valence-electron chi connectivity index (χ1n) is 6.60. The van der Waals surface area contributed by atoms with E-state index in [4.69, 9.17) is 0 Å². The SMILES string of the molecule is C=C(c1ccccc1CC)C1CCCCC1. The molecule has 1 fully saturated rings. The second-order valence-electron chi connectivity index (χ2n) is 4.87. The molecule has 1 aromatic rings. The second-order valence-corrected chi connectivity index (χ2v) is 4.87. The predicted molar refractivity (Wildman–Crippen MR) is 71.4 cm³/mol. The first kappa shape index (κ1) is 11.4. The molecule has 1 aliphatic rings. The molecule has 0 atom stereocenters.